The fourth-order valence-corrected chi connectivity index (χ4v) is 9.04. The highest BCUT2D eigenvalue weighted by molar-refractivity contribution is 6.31. The van der Waals surface area contributed by atoms with Gasteiger partial charge >= 0.3 is 6.03 Å². The summed E-state index contributed by atoms with van der Waals surface area (Å²) < 4.78 is 30.9. The lowest BCUT2D eigenvalue weighted by Crippen LogP contribution is -2.43. The predicted octanol–water partition coefficient (Wildman–Crippen LogP) is 6.29. The number of hydrogen-bond acceptors (Lipinski definition) is 12. The second-order valence-electron chi connectivity index (χ2n) is 21.0. The van der Waals surface area contributed by atoms with Gasteiger partial charge in [-0.1, -0.05) is 60.8 Å². The van der Waals surface area contributed by atoms with E-state index < -0.39 is 47.1 Å². The van der Waals surface area contributed by atoms with E-state index >= 15 is 0 Å². The molecule has 2 aliphatic carbocycles. The molecule has 2 saturated carbocycles. The first kappa shape index (κ1) is 66.4. The Morgan fingerprint density at radius 2 is 1.14 bits per heavy atom. The van der Waals surface area contributed by atoms with Crippen LogP contribution >= 0.6 is 23.2 Å². The van der Waals surface area contributed by atoms with E-state index in [0.29, 0.717) is 35.2 Å². The maximum atomic E-state index is 14.2. The normalized spacial score (nSPS) is 12.5. The number of carbonyl (C=O) groups is 8. The molecule has 0 spiro atoms. The van der Waals surface area contributed by atoms with Crippen molar-refractivity contribution in [2.45, 2.75) is 83.7 Å². The van der Waals surface area contributed by atoms with Crippen LogP contribution in [0.5, 0.6) is 0 Å². The number of rotatable bonds is 24. The molecule has 0 saturated heterocycles. The van der Waals surface area contributed by atoms with Crippen LogP contribution in [0.4, 0.5) is 19.3 Å². The Morgan fingerprint density at radius 3 is 1.56 bits per heavy atom. The van der Waals surface area contributed by atoms with Crippen molar-refractivity contribution in [2.24, 2.45) is 16.6 Å². The van der Waals surface area contributed by atoms with E-state index in [9.17, 15) is 47.1 Å². The van der Waals surface area contributed by atoms with E-state index in [0.717, 1.165) is 25.7 Å². The number of fused-ring (bicyclic) bond motifs is 2. The Kier molecular flexibility index (Phi) is 23.8. The Labute approximate surface area is 504 Å². The first-order valence-corrected chi connectivity index (χ1v) is 28.2. The summed E-state index contributed by atoms with van der Waals surface area (Å²) in [6.07, 6.45) is 5.57. The lowest BCUT2D eigenvalue weighted by Gasteiger charge is -2.22. The van der Waals surface area contributed by atoms with Crippen LogP contribution in [-0.2, 0) is 45.4 Å². The molecule has 0 unspecified atom stereocenters. The van der Waals surface area contributed by atoms with Crippen molar-refractivity contribution < 1.29 is 47.1 Å². The molecule has 0 radical (unpaired) electrons. The second-order valence-corrected chi connectivity index (χ2v) is 21.8. The van der Waals surface area contributed by atoms with Gasteiger partial charge < -0.3 is 51.9 Å². The molecule has 2 heterocycles. The highest BCUT2D eigenvalue weighted by atomic mass is 35.5. The number of halogens is 4. The molecule has 2 aromatic heterocycles. The molecule has 2 aliphatic rings. The van der Waals surface area contributed by atoms with Crippen LogP contribution in [-0.4, -0.2) is 171 Å². The zero-order valence-electron chi connectivity index (χ0n) is 48.5. The Balaban J connectivity index is 0.000000249. The van der Waals surface area contributed by atoms with Gasteiger partial charge in [0.25, 0.3) is 11.8 Å². The van der Waals surface area contributed by atoms with Crippen molar-refractivity contribution in [3.63, 3.8) is 0 Å². The third-order valence-electron chi connectivity index (χ3n) is 13.6. The molecule has 7 N–H and O–H groups in total. The monoisotopic (exact) mass is 1230 g/mol. The lowest BCUT2D eigenvalue weighted by atomic mass is 10.1. The fourth-order valence-electron chi connectivity index (χ4n) is 8.65. The van der Waals surface area contributed by atoms with Gasteiger partial charge in [-0.3, -0.25) is 42.9 Å². The van der Waals surface area contributed by atoms with Gasteiger partial charge in [0.2, 0.25) is 29.5 Å². The fraction of sp³-hybridized carbons (Fsp3) is 0.404. The smallest absolute Gasteiger partial charge is 0.321 e. The largest absolute Gasteiger partial charge is 0.364 e. The molecule has 2 fully saturated rings. The van der Waals surface area contributed by atoms with Crippen LogP contribution in [0.1, 0.15) is 87.9 Å². The third kappa shape index (κ3) is 18.6. The topological polar surface area (TPSA) is 325 Å². The van der Waals surface area contributed by atoms with Gasteiger partial charge in [-0.25, -0.2) is 13.6 Å². The first-order chi connectivity index (χ1) is 40.9. The van der Waals surface area contributed by atoms with E-state index in [-0.39, 0.29) is 107 Å². The Hall–Kier alpha value is -8.75. The average Bonchev–Trinajstić information content (AvgIpc) is 2.35. The molecule has 0 aliphatic heterocycles. The molecule has 86 heavy (non-hydrogen) atoms. The van der Waals surface area contributed by atoms with E-state index in [1.54, 1.807) is 37.4 Å². The zero-order valence-corrected chi connectivity index (χ0v) is 50.0. The minimum Gasteiger partial charge on any atom is -0.364 e. The summed E-state index contributed by atoms with van der Waals surface area (Å²) in [6.45, 7) is 3.46. The summed E-state index contributed by atoms with van der Waals surface area (Å²) in [5.41, 5.74) is 21.0. The molecule has 458 valence electrons. The van der Waals surface area contributed by atoms with Crippen molar-refractivity contribution in [3.05, 3.63) is 133 Å². The van der Waals surface area contributed by atoms with Gasteiger partial charge in [0.1, 0.15) is 24.7 Å². The average molecular weight is 1230 g/mol. The predicted molar refractivity (Wildman–Crippen MR) is 320 cm³/mol. The number of likely N-dealkylation sites (N-methyl/N-ethyl adjacent to an activating group) is 2. The number of aromatic nitrogens is 4. The molecular weight excluding hydrogens is 1160 g/mol. The zero-order chi connectivity index (χ0) is 62.9. The number of azide groups is 1. The van der Waals surface area contributed by atoms with Crippen LogP contribution in [0.25, 0.3) is 32.2 Å². The molecule has 9 amide bonds. The van der Waals surface area contributed by atoms with Gasteiger partial charge in [-0.05, 0) is 126 Å². The lowest BCUT2D eigenvalue weighted by molar-refractivity contribution is -0.137. The number of primary amides is 2. The van der Waals surface area contributed by atoms with E-state index in [2.05, 4.69) is 62.1 Å². The quantitative estimate of drug-likeness (QED) is 0.0254. The summed E-state index contributed by atoms with van der Waals surface area (Å²) in [7, 11) is 9.72. The van der Waals surface area contributed by atoms with Crippen molar-refractivity contribution in [1.82, 2.24) is 54.7 Å². The molecule has 29 heteroatoms. The molecule has 25 nitrogen and oxygen atoms in total. The maximum absolute atomic E-state index is 14.2. The van der Waals surface area contributed by atoms with Gasteiger partial charge in [0.05, 0.1) is 34.2 Å². The van der Waals surface area contributed by atoms with E-state index in [1.807, 2.05) is 19.0 Å². The van der Waals surface area contributed by atoms with Crippen LogP contribution < -0.4 is 27.4 Å². The summed E-state index contributed by atoms with van der Waals surface area (Å²) in [4.78, 5) is 111. The second kappa shape index (κ2) is 30.9. The van der Waals surface area contributed by atoms with Crippen molar-refractivity contribution in [3.8, 4) is 0 Å². The standard InChI is InChI=1S/C28H34ClFN8O4.C23H20ClFN8O4.C6H15N/c1-35(2)11-12-36(3)28(42)33-18-7-10-22-20(13-18)26(27(31)41)34-38(22)16-24(40)37(19-8-9-19)15-23(39)32-14-17-5-4-6-21(29)25(17)30;24-16-3-1-2-13(20(16)25)9-28-18(34)10-32(14-5-6-14)19(35)11-33-17-7-4-12(23(37)29-31-27)8-15(17)21(30-33)22(26)36;1-4-5-6-7(2)3/h4-7,10,13,19H,8-9,11-12,14-16H2,1-3H3,(H2,31,41)(H,32,39)(H,33,42);1-4,7-8,14H,5-6,9-11H2,(H2,26,36)(H,28,34);4-6H2,1-3H3. The van der Waals surface area contributed by atoms with Gasteiger partial charge in [-0.2, -0.15) is 10.2 Å². The van der Waals surface area contributed by atoms with Crippen molar-refractivity contribution in [1.29, 1.82) is 0 Å². The van der Waals surface area contributed by atoms with Crippen LogP contribution in [0, 0.1) is 11.6 Å². The minimum absolute atomic E-state index is 0.0195. The molecule has 4 aromatic carbocycles. The van der Waals surface area contributed by atoms with Gasteiger partial charge in [-0.15, -0.1) is 0 Å². The molecule has 0 atom stereocenters. The molecule has 0 bridgehead atoms. The molecule has 6 aromatic rings. The number of benzene rings is 4. The number of unbranched alkanes of at least 4 members (excludes halogenated alkanes) is 1. The highest BCUT2D eigenvalue weighted by Crippen LogP contribution is 2.30. The number of anilines is 1. The summed E-state index contributed by atoms with van der Waals surface area (Å²) >= 11 is 11.6. The number of carbonyl (C=O) groups excluding carboxylic acids is 8. The van der Waals surface area contributed by atoms with Crippen LogP contribution in [0.15, 0.2) is 77.9 Å². The van der Waals surface area contributed by atoms with E-state index in [4.69, 9.17) is 40.2 Å². The number of hydrogen-bond donors (Lipinski definition) is 5. The van der Waals surface area contributed by atoms with Crippen molar-refractivity contribution >= 4 is 98.1 Å². The van der Waals surface area contributed by atoms with Crippen molar-refractivity contribution in [2.75, 3.05) is 73.3 Å². The van der Waals surface area contributed by atoms with Crippen LogP contribution in [0.3, 0.4) is 0 Å². The molecular formula is C57H69Cl2F2N17O8. The number of nitrogens with two attached hydrogens (primary N) is 2. The Bertz CT molecular complexity index is 3550. The van der Waals surface area contributed by atoms with Gasteiger partial charge in [0.15, 0.2) is 11.4 Å². The van der Waals surface area contributed by atoms with Gasteiger partial charge in [0, 0.05) is 83.4 Å². The first-order valence-electron chi connectivity index (χ1n) is 27.4. The Morgan fingerprint density at radius 1 is 0.674 bits per heavy atom. The number of urea groups is 1. The minimum atomic E-state index is -0.878. The maximum Gasteiger partial charge on any atom is 0.321 e. The number of nitrogens with one attached hydrogen (secondary N) is 3. The van der Waals surface area contributed by atoms with Crippen LogP contribution in [0.2, 0.25) is 10.0 Å². The SMILES string of the molecule is CCCCN(C)C.CN(C)CCN(C)C(=O)Nc1ccc2c(c1)c(C(N)=O)nn2CC(=O)N(CC(=O)NCc1cccc(Cl)c1F)C1CC1.[N-]=[N+]=NC(=O)c1ccc2c(c1)c(C(N)=O)nn2CC(=O)N(CC(=O)NCc1cccc(Cl)c1F)C1CC1. The number of nitrogens with zero attached hydrogens (tertiary/aromatic N) is 12. The van der Waals surface area contributed by atoms with E-state index in [1.165, 1.54) is 85.9 Å². The summed E-state index contributed by atoms with van der Waals surface area (Å²) in [6, 6.07) is 17.4. The third-order valence-corrected chi connectivity index (χ3v) is 14.2. The summed E-state index contributed by atoms with van der Waals surface area (Å²) in [5.74, 6) is -5.49. The summed E-state index contributed by atoms with van der Waals surface area (Å²) in [5, 5.41) is 19.9. The highest BCUT2D eigenvalue weighted by Gasteiger charge is 2.36. The number of amides is 9. The molecule has 8 rings (SSSR count).